The van der Waals surface area contributed by atoms with E-state index >= 15 is 0 Å². The summed E-state index contributed by atoms with van der Waals surface area (Å²) < 4.78 is 10.2. The summed E-state index contributed by atoms with van der Waals surface area (Å²) in [6.45, 7) is 6.73. The molecule has 5 nitrogen and oxygen atoms in total. The van der Waals surface area contributed by atoms with E-state index in [1.807, 2.05) is 11.8 Å². The quantitative estimate of drug-likeness (QED) is 0.700. The molecule has 1 fully saturated rings. The Bertz CT molecular complexity index is 592. The number of hydrogen-bond acceptors (Lipinski definition) is 6. The summed E-state index contributed by atoms with van der Waals surface area (Å²) in [7, 11) is 1.49. The van der Waals surface area contributed by atoms with Gasteiger partial charge in [0.25, 0.3) is 0 Å². The second kappa shape index (κ2) is 8.77. The van der Waals surface area contributed by atoms with Crippen molar-refractivity contribution < 1.29 is 14.3 Å². The van der Waals surface area contributed by atoms with Crippen LogP contribution in [0.15, 0.2) is 23.4 Å². The summed E-state index contributed by atoms with van der Waals surface area (Å²) in [6.07, 6.45) is 5.97. The van der Waals surface area contributed by atoms with Crippen molar-refractivity contribution in [1.29, 1.82) is 5.26 Å². The van der Waals surface area contributed by atoms with Crippen molar-refractivity contribution in [2.24, 2.45) is 11.3 Å². The molecule has 1 heterocycles. The normalized spacial score (nSPS) is 25.8. The van der Waals surface area contributed by atoms with Crippen molar-refractivity contribution in [3.63, 3.8) is 0 Å². The molecule has 0 aromatic rings. The summed E-state index contributed by atoms with van der Waals surface area (Å²) in [5.74, 6) is 0.669. The number of nitriles is 1. The highest BCUT2D eigenvalue weighted by molar-refractivity contribution is 8.00. The van der Waals surface area contributed by atoms with Gasteiger partial charge in [0.15, 0.2) is 0 Å². The van der Waals surface area contributed by atoms with E-state index in [9.17, 15) is 10.1 Å². The molecule has 138 valence electrons. The van der Waals surface area contributed by atoms with Crippen LogP contribution < -0.4 is 5.32 Å². The number of hydrogen-bond donors (Lipinski definition) is 1. The van der Waals surface area contributed by atoms with Crippen LogP contribution in [0.5, 0.6) is 0 Å². The molecule has 3 atom stereocenters. The van der Waals surface area contributed by atoms with E-state index in [0.29, 0.717) is 11.9 Å². The predicted octanol–water partition coefficient (Wildman–Crippen LogP) is 3.04. The fourth-order valence-electron chi connectivity index (χ4n) is 3.24. The van der Waals surface area contributed by atoms with Gasteiger partial charge in [-0.2, -0.15) is 17.0 Å². The molecule has 3 unspecified atom stereocenters. The van der Waals surface area contributed by atoms with Gasteiger partial charge in [-0.05, 0) is 24.2 Å². The van der Waals surface area contributed by atoms with Crippen LogP contribution in [-0.4, -0.2) is 43.3 Å². The molecular formula is C19H28N2O3S. The number of nitrogens with one attached hydrogen (secondary N) is 1. The molecule has 0 saturated carbocycles. The standard InChI is InChI=1S/C19H28N2O3S/c1-5-25-16-9-17(19(2,3)12-24-18(22)11-23-4)21-15-7-6-13(10-20)8-14(15)16/h7-8,13,16-17,21H,5-6,9,11-12H2,1-4H3. The third-order valence-electron chi connectivity index (χ3n) is 4.74. The number of esters is 1. The van der Waals surface area contributed by atoms with Crippen molar-refractivity contribution >= 4 is 17.7 Å². The van der Waals surface area contributed by atoms with Crippen LogP contribution in [0.4, 0.5) is 0 Å². The Kier molecular flexibility index (Phi) is 6.97. The summed E-state index contributed by atoms with van der Waals surface area (Å²) in [6, 6.07) is 2.56. The molecule has 0 aromatic heterocycles. The molecule has 2 rings (SSSR count). The van der Waals surface area contributed by atoms with Gasteiger partial charge in [0.05, 0.1) is 18.6 Å². The van der Waals surface area contributed by atoms with Gasteiger partial charge in [0.1, 0.15) is 6.61 Å². The van der Waals surface area contributed by atoms with E-state index in [1.165, 1.54) is 12.7 Å². The molecule has 0 aromatic carbocycles. The molecule has 25 heavy (non-hydrogen) atoms. The number of methoxy groups -OCH3 is 1. The van der Waals surface area contributed by atoms with E-state index in [0.717, 1.165) is 24.3 Å². The van der Waals surface area contributed by atoms with Gasteiger partial charge in [-0.1, -0.05) is 32.9 Å². The third kappa shape index (κ3) is 5.02. The summed E-state index contributed by atoms with van der Waals surface area (Å²) in [5.41, 5.74) is 2.20. The number of allylic oxidation sites excluding steroid dienone is 3. The van der Waals surface area contributed by atoms with Gasteiger partial charge < -0.3 is 14.8 Å². The Hall–Kier alpha value is -1.45. The highest BCUT2D eigenvalue weighted by atomic mass is 32.2. The SMILES string of the molecule is CCSC1CC(C(C)(C)COC(=O)COC)NC2=CCC(C#N)C=C21. The Morgan fingerprint density at radius 2 is 2.28 bits per heavy atom. The Labute approximate surface area is 154 Å². The predicted molar refractivity (Wildman–Crippen MR) is 100.0 cm³/mol. The van der Waals surface area contributed by atoms with E-state index in [4.69, 9.17) is 9.47 Å². The maximum absolute atomic E-state index is 11.6. The average molecular weight is 365 g/mol. The van der Waals surface area contributed by atoms with Crippen LogP contribution in [-0.2, 0) is 14.3 Å². The monoisotopic (exact) mass is 364 g/mol. The van der Waals surface area contributed by atoms with Crippen molar-refractivity contribution in [3.05, 3.63) is 23.4 Å². The van der Waals surface area contributed by atoms with Crippen LogP contribution in [0.3, 0.4) is 0 Å². The maximum Gasteiger partial charge on any atom is 0.332 e. The fraction of sp³-hybridized carbons (Fsp3) is 0.684. The molecule has 0 amide bonds. The zero-order chi connectivity index (χ0) is 18.4. The van der Waals surface area contributed by atoms with Crippen molar-refractivity contribution in [2.45, 2.75) is 44.9 Å². The minimum atomic E-state index is -0.333. The zero-order valence-electron chi connectivity index (χ0n) is 15.5. The number of ether oxygens (including phenoxy) is 2. The molecule has 0 spiro atoms. The Morgan fingerprint density at radius 3 is 2.92 bits per heavy atom. The smallest absolute Gasteiger partial charge is 0.332 e. The van der Waals surface area contributed by atoms with Gasteiger partial charge in [0.2, 0.25) is 0 Å². The number of carbonyl (C=O) groups excluding carboxylic acids is 1. The van der Waals surface area contributed by atoms with Crippen LogP contribution >= 0.6 is 11.8 Å². The van der Waals surface area contributed by atoms with E-state index in [-0.39, 0.29) is 30.0 Å². The van der Waals surface area contributed by atoms with Crippen LogP contribution in [0.1, 0.15) is 33.6 Å². The molecule has 0 bridgehead atoms. The molecule has 2 aliphatic rings. The van der Waals surface area contributed by atoms with Crippen molar-refractivity contribution in [3.8, 4) is 6.07 Å². The first-order valence-electron chi connectivity index (χ1n) is 8.75. The topological polar surface area (TPSA) is 71.3 Å². The minimum Gasteiger partial charge on any atom is -0.463 e. The minimum absolute atomic E-state index is 0.0178. The van der Waals surface area contributed by atoms with Gasteiger partial charge in [0, 0.05) is 29.5 Å². The first-order valence-corrected chi connectivity index (χ1v) is 9.80. The second-order valence-corrected chi connectivity index (χ2v) is 8.65. The lowest BCUT2D eigenvalue weighted by Gasteiger charge is -2.43. The highest BCUT2D eigenvalue weighted by Crippen LogP contribution is 2.40. The number of fused-ring (bicyclic) bond motifs is 1. The number of carbonyl (C=O) groups is 1. The van der Waals surface area contributed by atoms with Crippen LogP contribution in [0.25, 0.3) is 0 Å². The lowest BCUT2D eigenvalue weighted by atomic mass is 9.77. The lowest BCUT2D eigenvalue weighted by Crippen LogP contribution is -2.50. The van der Waals surface area contributed by atoms with Gasteiger partial charge in [-0.15, -0.1) is 0 Å². The third-order valence-corrected chi connectivity index (χ3v) is 5.92. The fourth-order valence-corrected chi connectivity index (χ4v) is 4.35. The zero-order valence-corrected chi connectivity index (χ0v) is 16.3. The van der Waals surface area contributed by atoms with Gasteiger partial charge in [-0.25, -0.2) is 4.79 Å². The maximum atomic E-state index is 11.6. The molecular weight excluding hydrogens is 336 g/mol. The van der Waals surface area contributed by atoms with Crippen LogP contribution in [0.2, 0.25) is 0 Å². The second-order valence-electron chi connectivity index (χ2n) is 7.17. The molecule has 6 heteroatoms. The molecule has 1 N–H and O–H groups in total. The largest absolute Gasteiger partial charge is 0.463 e. The molecule has 1 saturated heterocycles. The highest BCUT2D eigenvalue weighted by Gasteiger charge is 2.39. The molecule has 0 radical (unpaired) electrons. The number of piperidine rings is 1. The van der Waals surface area contributed by atoms with Crippen molar-refractivity contribution in [2.75, 3.05) is 26.1 Å². The van der Waals surface area contributed by atoms with Gasteiger partial charge >= 0.3 is 5.97 Å². The van der Waals surface area contributed by atoms with Gasteiger partial charge in [-0.3, -0.25) is 0 Å². The number of rotatable bonds is 7. The summed E-state index contributed by atoms with van der Waals surface area (Å²) >= 11 is 1.92. The average Bonchev–Trinajstić information content (AvgIpc) is 2.60. The van der Waals surface area contributed by atoms with Crippen LogP contribution in [0, 0.1) is 22.7 Å². The van der Waals surface area contributed by atoms with E-state index in [2.05, 4.69) is 44.3 Å². The Balaban J connectivity index is 2.11. The van der Waals surface area contributed by atoms with E-state index < -0.39 is 0 Å². The summed E-state index contributed by atoms with van der Waals surface area (Å²) in [4.78, 5) is 11.6. The first-order chi connectivity index (χ1) is 11.9. The molecule has 1 aliphatic carbocycles. The van der Waals surface area contributed by atoms with Crippen molar-refractivity contribution in [1.82, 2.24) is 5.32 Å². The Morgan fingerprint density at radius 1 is 1.52 bits per heavy atom. The summed E-state index contributed by atoms with van der Waals surface area (Å²) in [5, 5.41) is 13.2. The molecule has 1 aliphatic heterocycles. The van der Waals surface area contributed by atoms with E-state index in [1.54, 1.807) is 0 Å². The lowest BCUT2D eigenvalue weighted by molar-refractivity contribution is -0.151. The first kappa shape index (κ1) is 19.9. The number of thioether (sulfide) groups is 1. The number of nitrogens with zero attached hydrogens (tertiary/aromatic N) is 1.